The summed E-state index contributed by atoms with van der Waals surface area (Å²) in [6, 6.07) is 2.64. The van der Waals surface area contributed by atoms with Gasteiger partial charge in [0.1, 0.15) is 0 Å². The monoisotopic (exact) mass is 262 g/mol. The molecule has 1 aromatic carbocycles. The van der Waals surface area contributed by atoms with Crippen LogP contribution in [0, 0.1) is 5.82 Å². The maximum atomic E-state index is 13.8. The van der Waals surface area contributed by atoms with Gasteiger partial charge >= 0.3 is 5.97 Å². The van der Waals surface area contributed by atoms with E-state index in [1.807, 2.05) is 0 Å². The zero-order chi connectivity index (χ0) is 13.0. The summed E-state index contributed by atoms with van der Waals surface area (Å²) in [5, 5.41) is 9.58. The minimum absolute atomic E-state index is 0.0659. The van der Waals surface area contributed by atoms with Crippen LogP contribution in [-0.2, 0) is 9.53 Å². The predicted octanol–water partition coefficient (Wildman–Crippen LogP) is 2.08. The molecule has 0 spiro atoms. The Morgan fingerprint density at radius 1 is 1.59 bits per heavy atom. The van der Waals surface area contributed by atoms with Gasteiger partial charge in [-0.05, 0) is 19.1 Å². The maximum absolute atomic E-state index is 13.8. The molecule has 0 saturated carbocycles. The van der Waals surface area contributed by atoms with Crippen LogP contribution in [-0.4, -0.2) is 24.8 Å². The van der Waals surface area contributed by atoms with Gasteiger partial charge in [0.25, 0.3) is 0 Å². The highest BCUT2D eigenvalue weighted by Crippen LogP contribution is 2.32. The number of hydrogen-bond donors (Lipinski definition) is 1. The molecule has 0 amide bonds. The first-order valence-electron chi connectivity index (χ1n) is 4.89. The fourth-order valence-electron chi connectivity index (χ4n) is 1.30. The highest BCUT2D eigenvalue weighted by atomic mass is 35.5. The first-order valence-corrected chi connectivity index (χ1v) is 5.27. The van der Waals surface area contributed by atoms with Crippen LogP contribution in [0.4, 0.5) is 4.39 Å². The van der Waals surface area contributed by atoms with E-state index in [-0.39, 0.29) is 22.9 Å². The van der Waals surface area contributed by atoms with E-state index < -0.39 is 17.9 Å². The van der Waals surface area contributed by atoms with Crippen molar-refractivity contribution >= 4 is 17.6 Å². The maximum Gasteiger partial charge on any atom is 0.339 e. The fourth-order valence-corrected chi connectivity index (χ4v) is 1.55. The third-order valence-electron chi connectivity index (χ3n) is 2.09. The first kappa shape index (κ1) is 13.7. The summed E-state index contributed by atoms with van der Waals surface area (Å²) in [7, 11) is 1.27. The third kappa shape index (κ3) is 2.87. The van der Waals surface area contributed by atoms with Gasteiger partial charge in [-0.3, -0.25) is 0 Å². The molecule has 17 heavy (non-hydrogen) atoms. The molecule has 0 aliphatic carbocycles. The van der Waals surface area contributed by atoms with E-state index in [2.05, 4.69) is 4.74 Å². The first-order chi connectivity index (χ1) is 8.02. The molecule has 1 N–H and O–H groups in total. The van der Waals surface area contributed by atoms with Crippen molar-refractivity contribution in [3.63, 3.8) is 0 Å². The lowest BCUT2D eigenvalue weighted by Crippen LogP contribution is -2.17. The number of methoxy groups -OCH3 is 1. The highest BCUT2D eigenvalue weighted by molar-refractivity contribution is 6.31. The number of carbonyl (C=O) groups is 1. The van der Waals surface area contributed by atoms with Gasteiger partial charge in [0.15, 0.2) is 17.7 Å². The molecular formula is C11H12ClFO4. The van der Waals surface area contributed by atoms with Crippen LogP contribution < -0.4 is 4.74 Å². The molecule has 0 fully saturated rings. The van der Waals surface area contributed by atoms with Gasteiger partial charge in [0.05, 0.1) is 18.7 Å². The number of aliphatic hydroxyl groups is 1. The van der Waals surface area contributed by atoms with E-state index in [0.717, 1.165) is 0 Å². The summed E-state index contributed by atoms with van der Waals surface area (Å²) in [5.74, 6) is -1.94. The second-order valence-corrected chi connectivity index (χ2v) is 3.54. The molecule has 0 saturated heterocycles. The lowest BCUT2D eigenvalue weighted by Gasteiger charge is -2.14. The number of ether oxygens (including phenoxy) is 2. The Balaban J connectivity index is 3.16. The Bertz CT molecular complexity index is 422. The van der Waals surface area contributed by atoms with Crippen molar-refractivity contribution < 1.29 is 23.8 Å². The number of esters is 1. The molecule has 0 heterocycles. The van der Waals surface area contributed by atoms with Crippen LogP contribution >= 0.6 is 11.6 Å². The molecular weight excluding hydrogens is 251 g/mol. The molecule has 1 unspecified atom stereocenters. The third-order valence-corrected chi connectivity index (χ3v) is 2.42. The molecule has 1 rings (SSSR count). The van der Waals surface area contributed by atoms with Gasteiger partial charge in [-0.2, -0.15) is 0 Å². The quantitative estimate of drug-likeness (QED) is 0.844. The van der Waals surface area contributed by atoms with Gasteiger partial charge in [0.2, 0.25) is 0 Å². The zero-order valence-corrected chi connectivity index (χ0v) is 10.1. The Morgan fingerprint density at radius 3 is 2.76 bits per heavy atom. The summed E-state index contributed by atoms with van der Waals surface area (Å²) < 4.78 is 23.1. The number of aliphatic hydroxyl groups excluding tert-OH is 1. The number of halogens is 2. The fraction of sp³-hybridized carbons (Fsp3) is 0.364. The molecule has 0 aliphatic rings. The van der Waals surface area contributed by atoms with Crippen molar-refractivity contribution in [1.29, 1.82) is 0 Å². The lowest BCUT2D eigenvalue weighted by molar-refractivity contribution is -0.153. The second kappa shape index (κ2) is 5.84. The largest absolute Gasteiger partial charge is 0.494 e. The molecule has 1 aromatic rings. The molecule has 6 heteroatoms. The van der Waals surface area contributed by atoms with Gasteiger partial charge in [-0.15, -0.1) is 0 Å². The Kier molecular flexibility index (Phi) is 4.72. The number of carbonyl (C=O) groups excluding carboxylic acids is 1. The van der Waals surface area contributed by atoms with Crippen LogP contribution in [0.15, 0.2) is 12.1 Å². The van der Waals surface area contributed by atoms with Crippen molar-refractivity contribution in [1.82, 2.24) is 0 Å². The number of hydrogen-bond acceptors (Lipinski definition) is 4. The van der Waals surface area contributed by atoms with Crippen LogP contribution in [0.1, 0.15) is 18.6 Å². The topological polar surface area (TPSA) is 55.8 Å². The molecule has 0 bridgehead atoms. The number of benzene rings is 1. The summed E-state index contributed by atoms with van der Waals surface area (Å²) in [6.45, 7) is 1.66. The molecule has 0 radical (unpaired) electrons. The molecule has 0 aromatic heterocycles. The van der Waals surface area contributed by atoms with Crippen molar-refractivity contribution in [3.05, 3.63) is 28.5 Å². The Labute approximate surface area is 103 Å². The SMILES string of the molecule is CCOC(=O)C(O)c1c(Cl)ccc(OC)c1F. The summed E-state index contributed by atoms with van der Waals surface area (Å²) in [5.41, 5.74) is -0.343. The lowest BCUT2D eigenvalue weighted by atomic mass is 10.1. The second-order valence-electron chi connectivity index (χ2n) is 3.13. The minimum atomic E-state index is -1.77. The Hall–Kier alpha value is -1.33. The van der Waals surface area contributed by atoms with Crippen LogP contribution in [0.2, 0.25) is 5.02 Å². The van der Waals surface area contributed by atoms with E-state index in [4.69, 9.17) is 16.3 Å². The molecule has 94 valence electrons. The molecule has 4 nitrogen and oxygen atoms in total. The van der Waals surface area contributed by atoms with Crippen molar-refractivity contribution in [3.8, 4) is 5.75 Å². The summed E-state index contributed by atoms with van der Waals surface area (Å²) in [6.07, 6.45) is -1.77. The normalized spacial score (nSPS) is 12.1. The average Bonchev–Trinajstić information content (AvgIpc) is 2.29. The van der Waals surface area contributed by atoms with Gasteiger partial charge < -0.3 is 14.6 Å². The minimum Gasteiger partial charge on any atom is -0.494 e. The van der Waals surface area contributed by atoms with E-state index in [1.165, 1.54) is 19.2 Å². The van der Waals surface area contributed by atoms with Crippen LogP contribution in [0.5, 0.6) is 5.75 Å². The average molecular weight is 263 g/mol. The number of rotatable bonds is 4. The smallest absolute Gasteiger partial charge is 0.339 e. The van der Waals surface area contributed by atoms with E-state index in [0.29, 0.717) is 0 Å². The molecule has 0 aliphatic heterocycles. The van der Waals surface area contributed by atoms with Crippen LogP contribution in [0.3, 0.4) is 0 Å². The van der Waals surface area contributed by atoms with Gasteiger partial charge in [-0.1, -0.05) is 11.6 Å². The van der Waals surface area contributed by atoms with Gasteiger partial charge in [0, 0.05) is 5.56 Å². The highest BCUT2D eigenvalue weighted by Gasteiger charge is 2.27. The van der Waals surface area contributed by atoms with E-state index in [9.17, 15) is 14.3 Å². The van der Waals surface area contributed by atoms with Crippen molar-refractivity contribution in [2.45, 2.75) is 13.0 Å². The zero-order valence-electron chi connectivity index (χ0n) is 9.37. The summed E-state index contributed by atoms with van der Waals surface area (Å²) >= 11 is 5.73. The van der Waals surface area contributed by atoms with E-state index >= 15 is 0 Å². The Morgan fingerprint density at radius 2 is 2.24 bits per heavy atom. The van der Waals surface area contributed by atoms with Crippen molar-refractivity contribution in [2.75, 3.05) is 13.7 Å². The van der Waals surface area contributed by atoms with Crippen molar-refractivity contribution in [2.24, 2.45) is 0 Å². The standard InChI is InChI=1S/C11H12ClFO4/c1-3-17-11(15)10(14)8-6(12)4-5-7(16-2)9(8)13/h4-5,10,14H,3H2,1-2H3. The summed E-state index contributed by atoms with van der Waals surface area (Å²) in [4.78, 5) is 11.3. The van der Waals surface area contributed by atoms with E-state index in [1.54, 1.807) is 6.92 Å². The molecule has 1 atom stereocenters. The van der Waals surface area contributed by atoms with Crippen LogP contribution in [0.25, 0.3) is 0 Å². The van der Waals surface area contributed by atoms with Gasteiger partial charge in [-0.25, -0.2) is 9.18 Å². The predicted molar refractivity (Wildman–Crippen MR) is 59.6 cm³/mol.